The summed E-state index contributed by atoms with van der Waals surface area (Å²) in [6.45, 7) is 8.02. The zero-order valence-electron chi connectivity index (χ0n) is 30.7. The van der Waals surface area contributed by atoms with E-state index in [2.05, 4.69) is 34.4 Å². The SMILES string of the molecule is COc1ccc2c(c1)c(/C=C1\C(=O)C=CC=C1N(Cc1ccc3ccoc3c1)C(=O)O)c(C)n2CCN1CCN(C)CC1.O=C(O)C(F)(F)F.O=C(O)C(F)(F)F. The van der Waals surface area contributed by atoms with Crippen molar-refractivity contribution in [2.75, 3.05) is 46.9 Å². The number of hydrogen-bond acceptors (Lipinski definition) is 8. The molecule has 0 atom stereocenters. The van der Waals surface area contributed by atoms with Crippen LogP contribution in [0.5, 0.6) is 5.75 Å². The molecule has 19 heteroatoms. The number of carbonyl (C=O) groups excluding carboxylic acids is 1. The number of allylic oxidation sites excluding steroid dienone is 4. The highest BCUT2D eigenvalue weighted by Gasteiger charge is 2.39. The molecule has 6 rings (SSSR count). The second-order valence-electron chi connectivity index (χ2n) is 12.8. The van der Waals surface area contributed by atoms with E-state index < -0.39 is 30.4 Å². The van der Waals surface area contributed by atoms with E-state index in [0.29, 0.717) is 16.9 Å². The maximum atomic E-state index is 13.4. The molecule has 1 aliphatic carbocycles. The van der Waals surface area contributed by atoms with Crippen LogP contribution in [0.2, 0.25) is 0 Å². The molecule has 0 radical (unpaired) electrons. The third-order valence-corrected chi connectivity index (χ3v) is 9.01. The number of hydrogen-bond donors (Lipinski definition) is 3. The number of nitrogens with zero attached hydrogens (tertiary/aromatic N) is 4. The Morgan fingerprint density at radius 2 is 1.54 bits per heavy atom. The third kappa shape index (κ3) is 11.3. The summed E-state index contributed by atoms with van der Waals surface area (Å²) in [6.07, 6.45) is -3.09. The van der Waals surface area contributed by atoms with Crippen molar-refractivity contribution in [2.45, 2.75) is 32.4 Å². The van der Waals surface area contributed by atoms with Gasteiger partial charge in [0.1, 0.15) is 11.3 Å². The highest BCUT2D eigenvalue weighted by atomic mass is 19.4. The van der Waals surface area contributed by atoms with Gasteiger partial charge >= 0.3 is 30.4 Å². The van der Waals surface area contributed by atoms with Crippen LogP contribution in [0.25, 0.3) is 27.9 Å². The first-order chi connectivity index (χ1) is 26.7. The molecule has 1 amide bonds. The predicted octanol–water partition coefficient (Wildman–Crippen LogP) is 6.80. The van der Waals surface area contributed by atoms with Crippen LogP contribution in [0.1, 0.15) is 16.8 Å². The van der Waals surface area contributed by atoms with Gasteiger partial charge in [0, 0.05) is 72.4 Å². The molecule has 1 saturated heterocycles. The van der Waals surface area contributed by atoms with Gasteiger partial charge in [-0.15, -0.1) is 0 Å². The van der Waals surface area contributed by atoms with Crippen molar-refractivity contribution in [2.24, 2.45) is 0 Å². The fourth-order valence-corrected chi connectivity index (χ4v) is 5.99. The molecule has 57 heavy (non-hydrogen) atoms. The van der Waals surface area contributed by atoms with Crippen LogP contribution >= 0.6 is 0 Å². The molecular weight excluding hydrogens is 770 g/mol. The zero-order valence-corrected chi connectivity index (χ0v) is 30.7. The lowest BCUT2D eigenvalue weighted by molar-refractivity contribution is -0.193. The Balaban J connectivity index is 0.000000440. The van der Waals surface area contributed by atoms with Crippen LogP contribution < -0.4 is 4.74 Å². The van der Waals surface area contributed by atoms with Crippen LogP contribution in [-0.2, 0) is 27.5 Å². The topological polar surface area (TPSA) is 166 Å². The molecule has 306 valence electrons. The maximum absolute atomic E-state index is 13.4. The number of ether oxygens (including phenoxy) is 1. The van der Waals surface area contributed by atoms with Gasteiger partial charge in [-0.25, -0.2) is 14.4 Å². The van der Waals surface area contributed by atoms with Gasteiger partial charge in [-0.1, -0.05) is 18.2 Å². The van der Waals surface area contributed by atoms with E-state index in [0.717, 1.165) is 78.1 Å². The number of furan rings is 1. The number of rotatable bonds is 8. The molecule has 1 fully saturated rings. The van der Waals surface area contributed by atoms with Crippen molar-refractivity contribution in [3.63, 3.8) is 0 Å². The number of likely N-dealkylation sites (N-methyl/N-ethyl adjacent to an activating group) is 1. The number of aliphatic carboxylic acids is 2. The summed E-state index contributed by atoms with van der Waals surface area (Å²) in [5, 5.41) is 26.5. The van der Waals surface area contributed by atoms with Gasteiger partial charge in [0.2, 0.25) is 0 Å². The van der Waals surface area contributed by atoms with E-state index in [9.17, 15) is 41.0 Å². The van der Waals surface area contributed by atoms with Crippen LogP contribution in [0.4, 0.5) is 31.1 Å². The van der Waals surface area contributed by atoms with Gasteiger partial charge in [-0.3, -0.25) is 14.6 Å². The third-order valence-electron chi connectivity index (χ3n) is 9.01. The Kier molecular flexibility index (Phi) is 14.0. The summed E-state index contributed by atoms with van der Waals surface area (Å²) >= 11 is 0. The van der Waals surface area contributed by atoms with Crippen molar-refractivity contribution in [1.82, 2.24) is 19.3 Å². The summed E-state index contributed by atoms with van der Waals surface area (Å²) in [5.74, 6) is -5.04. The highest BCUT2D eigenvalue weighted by molar-refractivity contribution is 6.13. The van der Waals surface area contributed by atoms with Crippen LogP contribution in [-0.4, -0.2) is 118 Å². The van der Waals surface area contributed by atoms with Gasteiger partial charge in [-0.05, 0) is 68.1 Å². The molecular formula is C38H38F6N4O9. The molecule has 2 aromatic heterocycles. The van der Waals surface area contributed by atoms with E-state index >= 15 is 0 Å². The molecule has 1 aliphatic heterocycles. The Hall–Kier alpha value is -6.08. The van der Waals surface area contributed by atoms with E-state index in [-0.39, 0.29) is 12.3 Å². The summed E-state index contributed by atoms with van der Waals surface area (Å²) < 4.78 is 76.8. The summed E-state index contributed by atoms with van der Waals surface area (Å²) in [6, 6.07) is 13.5. The molecule has 4 aromatic rings. The molecule has 0 spiro atoms. The Labute approximate surface area is 320 Å². The second kappa shape index (κ2) is 18.2. The lowest BCUT2D eigenvalue weighted by Crippen LogP contribution is -2.45. The minimum absolute atomic E-state index is 0.0653. The fraction of sp³-hybridized carbons (Fsp3) is 0.316. The number of aromatic nitrogens is 1. The number of amides is 1. The largest absolute Gasteiger partial charge is 0.497 e. The molecule has 2 aromatic carbocycles. The number of ketones is 1. The van der Waals surface area contributed by atoms with Crippen molar-refractivity contribution in [3.8, 4) is 5.75 Å². The number of halogens is 6. The highest BCUT2D eigenvalue weighted by Crippen LogP contribution is 2.34. The first-order valence-corrected chi connectivity index (χ1v) is 17.0. The molecule has 3 N–H and O–H groups in total. The van der Waals surface area contributed by atoms with E-state index in [1.807, 2.05) is 42.5 Å². The van der Waals surface area contributed by atoms with Gasteiger partial charge in [0.25, 0.3) is 0 Å². The van der Waals surface area contributed by atoms with E-state index in [4.69, 9.17) is 29.0 Å². The van der Waals surface area contributed by atoms with Crippen molar-refractivity contribution in [1.29, 1.82) is 0 Å². The smallest absolute Gasteiger partial charge is 0.490 e. The van der Waals surface area contributed by atoms with Crippen LogP contribution in [0.3, 0.4) is 0 Å². The number of piperazine rings is 1. The maximum Gasteiger partial charge on any atom is 0.490 e. The Morgan fingerprint density at radius 3 is 2.12 bits per heavy atom. The molecule has 3 heterocycles. The summed E-state index contributed by atoms with van der Waals surface area (Å²) in [5.41, 5.74) is 5.03. The molecule has 0 bridgehead atoms. The molecule has 13 nitrogen and oxygen atoms in total. The molecule has 0 saturated carbocycles. The molecule has 0 unspecified atom stereocenters. The zero-order chi connectivity index (χ0) is 42.2. The normalized spacial score (nSPS) is 15.8. The van der Waals surface area contributed by atoms with E-state index in [1.165, 1.54) is 11.0 Å². The number of carboxylic acid groups (broad SMARTS) is 3. The lowest BCUT2D eigenvalue weighted by Gasteiger charge is -2.32. The van der Waals surface area contributed by atoms with Gasteiger partial charge in [0.05, 0.1) is 25.6 Å². The minimum atomic E-state index is -5.08. The Bertz CT molecular complexity index is 2190. The number of methoxy groups -OCH3 is 1. The predicted molar refractivity (Wildman–Crippen MR) is 195 cm³/mol. The number of carboxylic acids is 2. The minimum Gasteiger partial charge on any atom is -0.497 e. The first kappa shape index (κ1) is 43.6. The molecule has 2 aliphatic rings. The summed E-state index contributed by atoms with van der Waals surface area (Å²) in [7, 11) is 3.79. The van der Waals surface area contributed by atoms with Crippen molar-refractivity contribution < 1.29 is 70.0 Å². The Morgan fingerprint density at radius 1 is 0.912 bits per heavy atom. The summed E-state index contributed by atoms with van der Waals surface area (Å²) in [4.78, 5) is 49.8. The number of carbonyl (C=O) groups is 4. The number of fused-ring (bicyclic) bond motifs is 2. The first-order valence-electron chi connectivity index (χ1n) is 17.0. The van der Waals surface area contributed by atoms with Crippen molar-refractivity contribution in [3.05, 3.63) is 95.0 Å². The second-order valence-corrected chi connectivity index (χ2v) is 12.8. The van der Waals surface area contributed by atoms with Crippen molar-refractivity contribution >= 4 is 51.8 Å². The fourth-order valence-electron chi connectivity index (χ4n) is 5.99. The van der Waals surface area contributed by atoms with Crippen LogP contribution in [0, 0.1) is 6.92 Å². The standard InChI is InChI=1S/C34H36N4O5.2C2HF3O2/c1-23-27(28-20-26(42-3)9-10-31(28)37(23)17-16-36-14-12-35(2)13-15-36)21-29-30(5-4-6-32(29)39)38(34(40)41)22-24-7-8-25-11-18-43-33(25)19-24;2*3-2(4,5)1(6)7/h4-11,18-21H,12-17,22H2,1-3H3,(H,40,41);2*(H,6,7)/b29-21-;;. The van der Waals surface area contributed by atoms with E-state index in [1.54, 1.807) is 25.5 Å². The lowest BCUT2D eigenvalue weighted by atomic mass is 9.97. The van der Waals surface area contributed by atoms with Crippen LogP contribution in [0.15, 0.2) is 82.6 Å². The average molecular weight is 809 g/mol. The monoisotopic (exact) mass is 808 g/mol. The van der Waals surface area contributed by atoms with Gasteiger partial charge in [-0.2, -0.15) is 26.3 Å². The number of alkyl halides is 6. The van der Waals surface area contributed by atoms with Gasteiger partial charge < -0.3 is 33.9 Å². The average Bonchev–Trinajstić information content (AvgIpc) is 3.71. The number of benzene rings is 2. The quantitative estimate of drug-likeness (QED) is 0.127. The van der Waals surface area contributed by atoms with Gasteiger partial charge in [0.15, 0.2) is 5.78 Å².